The SMILES string of the molecule is c1ccc2c(c1)-c1cccc3c(N(c4ccc(-c5ccc6ccc7ccccc7c6c5)cc4)c4ccc(-c5cc6ccccc6s5)cc4)ccc-2c13. The van der Waals surface area contributed by atoms with Gasteiger partial charge in [-0.25, -0.2) is 0 Å². The molecule has 0 spiro atoms. The van der Waals surface area contributed by atoms with Crippen molar-refractivity contribution in [1.29, 1.82) is 0 Å². The van der Waals surface area contributed by atoms with Crippen LogP contribution in [0.2, 0.25) is 0 Å². The molecule has 0 atom stereocenters. The normalized spacial score (nSPS) is 11.8. The fourth-order valence-corrected chi connectivity index (χ4v) is 9.37. The van der Waals surface area contributed by atoms with Crippen LogP contribution in [-0.2, 0) is 0 Å². The van der Waals surface area contributed by atoms with Crippen LogP contribution in [0.15, 0.2) is 188 Å². The molecule has 0 unspecified atom stereocenters. The summed E-state index contributed by atoms with van der Waals surface area (Å²) in [7, 11) is 0. The first kappa shape index (κ1) is 29.3. The van der Waals surface area contributed by atoms with Crippen molar-refractivity contribution in [2.24, 2.45) is 0 Å². The number of thiophene rings is 1. The molecule has 1 nitrogen and oxygen atoms in total. The molecule has 0 aliphatic heterocycles. The number of rotatable bonds is 5. The lowest BCUT2D eigenvalue weighted by Gasteiger charge is -2.27. The molecule has 52 heavy (non-hydrogen) atoms. The van der Waals surface area contributed by atoms with Gasteiger partial charge in [-0.15, -0.1) is 11.3 Å². The second-order valence-electron chi connectivity index (χ2n) is 13.7. The van der Waals surface area contributed by atoms with Gasteiger partial charge in [-0.2, -0.15) is 0 Å². The maximum Gasteiger partial charge on any atom is 0.0540 e. The topological polar surface area (TPSA) is 3.24 Å². The van der Waals surface area contributed by atoms with E-state index in [4.69, 9.17) is 0 Å². The van der Waals surface area contributed by atoms with Gasteiger partial charge >= 0.3 is 0 Å². The first-order valence-corrected chi connectivity index (χ1v) is 18.7. The summed E-state index contributed by atoms with van der Waals surface area (Å²) in [6.07, 6.45) is 0. The molecule has 1 heterocycles. The van der Waals surface area contributed by atoms with Crippen LogP contribution in [0.5, 0.6) is 0 Å². The molecule has 2 heteroatoms. The molecule has 0 fully saturated rings. The predicted molar refractivity (Wildman–Crippen MR) is 224 cm³/mol. The maximum atomic E-state index is 2.43. The maximum absolute atomic E-state index is 2.43. The number of fused-ring (bicyclic) bond motifs is 7. The number of hydrogen-bond acceptors (Lipinski definition) is 2. The summed E-state index contributed by atoms with van der Waals surface area (Å²) < 4.78 is 1.32. The zero-order chi connectivity index (χ0) is 34.2. The highest BCUT2D eigenvalue weighted by Gasteiger charge is 2.24. The molecule has 1 aliphatic rings. The molecular formula is C50H31NS. The Morgan fingerprint density at radius 2 is 0.923 bits per heavy atom. The second kappa shape index (κ2) is 11.5. The van der Waals surface area contributed by atoms with Crippen LogP contribution >= 0.6 is 11.3 Å². The van der Waals surface area contributed by atoms with E-state index in [9.17, 15) is 0 Å². The smallest absolute Gasteiger partial charge is 0.0540 e. The molecule has 0 amide bonds. The summed E-state index contributed by atoms with van der Waals surface area (Å²) in [4.78, 5) is 3.72. The molecule has 1 aromatic heterocycles. The molecule has 1 aliphatic carbocycles. The van der Waals surface area contributed by atoms with Crippen molar-refractivity contribution >= 4 is 70.8 Å². The molecule has 0 saturated carbocycles. The first-order valence-electron chi connectivity index (χ1n) is 17.8. The fourth-order valence-electron chi connectivity index (χ4n) is 8.30. The van der Waals surface area contributed by atoms with Gasteiger partial charge in [0.15, 0.2) is 0 Å². The van der Waals surface area contributed by atoms with Crippen molar-refractivity contribution in [3.05, 3.63) is 188 Å². The Bertz CT molecular complexity index is 2940. The Hall–Kier alpha value is -6.48. The third-order valence-corrected chi connectivity index (χ3v) is 12.0. The van der Waals surface area contributed by atoms with Crippen molar-refractivity contribution in [2.75, 3.05) is 4.90 Å². The Kier molecular flexibility index (Phi) is 6.49. The van der Waals surface area contributed by atoms with E-state index in [-0.39, 0.29) is 0 Å². The predicted octanol–water partition coefficient (Wildman–Crippen LogP) is 14.8. The van der Waals surface area contributed by atoms with Gasteiger partial charge in [0, 0.05) is 26.3 Å². The summed E-state index contributed by atoms with van der Waals surface area (Å²) in [5.74, 6) is 0. The monoisotopic (exact) mass is 677 g/mol. The van der Waals surface area contributed by atoms with Crippen LogP contribution in [0.25, 0.3) is 86.2 Å². The van der Waals surface area contributed by atoms with E-state index in [0.717, 1.165) is 11.4 Å². The molecule has 242 valence electrons. The van der Waals surface area contributed by atoms with E-state index in [1.165, 1.54) is 91.9 Å². The minimum Gasteiger partial charge on any atom is -0.310 e. The highest BCUT2D eigenvalue weighted by Crippen LogP contribution is 2.51. The third-order valence-electron chi connectivity index (χ3n) is 10.8. The average molecular weight is 678 g/mol. The summed E-state index contributed by atoms with van der Waals surface area (Å²) in [5.41, 5.74) is 12.3. The zero-order valence-electron chi connectivity index (χ0n) is 28.3. The van der Waals surface area contributed by atoms with Gasteiger partial charge in [-0.1, -0.05) is 140 Å². The molecule has 11 rings (SSSR count). The zero-order valence-corrected chi connectivity index (χ0v) is 29.1. The van der Waals surface area contributed by atoms with Gasteiger partial charge in [0.1, 0.15) is 0 Å². The molecule has 0 N–H and O–H groups in total. The first-order chi connectivity index (χ1) is 25.8. The highest BCUT2D eigenvalue weighted by molar-refractivity contribution is 7.22. The van der Waals surface area contributed by atoms with E-state index in [2.05, 4.69) is 193 Å². The van der Waals surface area contributed by atoms with Gasteiger partial charge < -0.3 is 4.90 Å². The summed E-state index contributed by atoms with van der Waals surface area (Å²) in [5, 5.41) is 8.98. The van der Waals surface area contributed by atoms with E-state index in [1.807, 2.05) is 11.3 Å². The number of hydrogen-bond donors (Lipinski definition) is 0. The summed E-state index contributed by atoms with van der Waals surface area (Å²) in [6.45, 7) is 0. The van der Waals surface area contributed by atoms with Crippen LogP contribution in [0.4, 0.5) is 17.1 Å². The van der Waals surface area contributed by atoms with Gasteiger partial charge in [-0.05, 0) is 120 Å². The Morgan fingerprint density at radius 1 is 0.346 bits per heavy atom. The van der Waals surface area contributed by atoms with E-state index in [0.29, 0.717) is 0 Å². The minimum atomic E-state index is 1.13. The van der Waals surface area contributed by atoms with Crippen molar-refractivity contribution < 1.29 is 0 Å². The highest BCUT2D eigenvalue weighted by atomic mass is 32.1. The van der Waals surface area contributed by atoms with E-state index < -0.39 is 0 Å². The number of nitrogens with zero attached hydrogens (tertiary/aromatic N) is 1. The molecule has 0 bridgehead atoms. The van der Waals surface area contributed by atoms with Crippen molar-refractivity contribution in [2.45, 2.75) is 0 Å². The van der Waals surface area contributed by atoms with Crippen LogP contribution in [0, 0.1) is 0 Å². The van der Waals surface area contributed by atoms with Gasteiger partial charge in [0.25, 0.3) is 0 Å². The van der Waals surface area contributed by atoms with E-state index in [1.54, 1.807) is 0 Å². The van der Waals surface area contributed by atoms with Crippen molar-refractivity contribution in [1.82, 2.24) is 0 Å². The average Bonchev–Trinajstić information content (AvgIpc) is 3.80. The molecule has 10 aromatic rings. The van der Waals surface area contributed by atoms with Crippen LogP contribution in [-0.4, -0.2) is 0 Å². The molecular weight excluding hydrogens is 647 g/mol. The lowest BCUT2D eigenvalue weighted by atomic mass is 9.97. The fraction of sp³-hybridized carbons (Fsp3) is 0. The Morgan fingerprint density at radius 3 is 1.69 bits per heavy atom. The molecule has 9 aromatic carbocycles. The second-order valence-corrected chi connectivity index (χ2v) is 14.8. The Balaban J connectivity index is 1.05. The van der Waals surface area contributed by atoms with Crippen LogP contribution in [0.3, 0.4) is 0 Å². The van der Waals surface area contributed by atoms with E-state index >= 15 is 0 Å². The largest absolute Gasteiger partial charge is 0.310 e. The summed E-state index contributed by atoms with van der Waals surface area (Å²) in [6, 6.07) is 69.3. The van der Waals surface area contributed by atoms with Crippen molar-refractivity contribution in [3.63, 3.8) is 0 Å². The van der Waals surface area contributed by atoms with Gasteiger partial charge in [0.2, 0.25) is 0 Å². The number of anilines is 3. The molecule has 0 saturated heterocycles. The van der Waals surface area contributed by atoms with Crippen LogP contribution in [0.1, 0.15) is 0 Å². The number of benzene rings is 9. The standard InChI is InChI=1S/C50H31NS/c1-3-10-40-33(8-1)16-17-34-18-19-36(30-46(34)40)32-20-24-38(25-21-32)51(39-26-22-35(23-27-39)49-31-37-9-2-6-15-48(37)52-49)47-29-28-44-42-12-5-4-11-41(42)43-13-7-14-45(47)50(43)44/h1-31H. The lowest BCUT2D eigenvalue weighted by molar-refractivity contribution is 1.30. The molecule has 0 radical (unpaired) electrons. The Labute approximate surface area is 306 Å². The van der Waals surface area contributed by atoms with Gasteiger partial charge in [0.05, 0.1) is 5.69 Å². The lowest BCUT2D eigenvalue weighted by Crippen LogP contribution is -2.10. The van der Waals surface area contributed by atoms with Gasteiger partial charge in [-0.3, -0.25) is 0 Å². The summed E-state index contributed by atoms with van der Waals surface area (Å²) >= 11 is 1.85. The van der Waals surface area contributed by atoms with Crippen molar-refractivity contribution in [3.8, 4) is 43.8 Å². The minimum absolute atomic E-state index is 1.13. The quantitative estimate of drug-likeness (QED) is 0.164. The third kappa shape index (κ3) is 4.55. The van der Waals surface area contributed by atoms with Crippen LogP contribution < -0.4 is 4.90 Å².